The van der Waals surface area contributed by atoms with Crippen LogP contribution < -0.4 is 0 Å². The van der Waals surface area contributed by atoms with Crippen molar-refractivity contribution in [3.05, 3.63) is 188 Å². The molecule has 3 nitrogen and oxygen atoms in total. The molecule has 0 unspecified atom stereocenters. The molecular weight excluding hydrogens is 607 g/mol. The van der Waals surface area contributed by atoms with Gasteiger partial charge >= 0.3 is 0 Å². The molecule has 0 saturated heterocycles. The molecule has 0 atom stereocenters. The fourth-order valence-electron chi connectivity index (χ4n) is 6.87. The summed E-state index contributed by atoms with van der Waals surface area (Å²) in [6.07, 6.45) is 0. The third kappa shape index (κ3) is 5.51. The smallest absolute Gasteiger partial charge is 0.164 e. The summed E-state index contributed by atoms with van der Waals surface area (Å²) in [6.45, 7) is 0. The van der Waals surface area contributed by atoms with E-state index >= 15 is 0 Å². The summed E-state index contributed by atoms with van der Waals surface area (Å²) >= 11 is 0. The lowest BCUT2D eigenvalue weighted by atomic mass is 9.90. The van der Waals surface area contributed by atoms with Crippen molar-refractivity contribution in [3.63, 3.8) is 0 Å². The molecule has 0 aliphatic heterocycles. The quantitative estimate of drug-likeness (QED) is 0.182. The van der Waals surface area contributed by atoms with Gasteiger partial charge in [0.05, 0.1) is 0 Å². The Balaban J connectivity index is 1.13. The zero-order valence-corrected chi connectivity index (χ0v) is 27.2. The first kappa shape index (κ1) is 29.4. The van der Waals surface area contributed by atoms with Gasteiger partial charge in [-0.05, 0) is 67.1 Å². The van der Waals surface area contributed by atoms with Crippen LogP contribution in [0.1, 0.15) is 0 Å². The van der Waals surface area contributed by atoms with E-state index in [0.29, 0.717) is 17.5 Å². The van der Waals surface area contributed by atoms with Gasteiger partial charge in [0, 0.05) is 16.7 Å². The summed E-state index contributed by atoms with van der Waals surface area (Å²) in [4.78, 5) is 14.9. The zero-order chi connectivity index (χ0) is 33.3. The van der Waals surface area contributed by atoms with Crippen LogP contribution >= 0.6 is 0 Å². The van der Waals surface area contributed by atoms with Crippen molar-refractivity contribution in [1.29, 1.82) is 0 Å². The summed E-state index contributed by atoms with van der Waals surface area (Å²) in [7, 11) is 0. The molecule has 0 spiro atoms. The minimum atomic E-state index is 0.647. The average molecular weight is 638 g/mol. The molecule has 9 aromatic rings. The highest BCUT2D eigenvalue weighted by Gasteiger charge is 2.16. The topological polar surface area (TPSA) is 38.7 Å². The molecule has 0 aliphatic carbocycles. The predicted molar refractivity (Wildman–Crippen MR) is 207 cm³/mol. The molecule has 0 fully saturated rings. The number of fused-ring (bicyclic) bond motifs is 2. The Morgan fingerprint density at radius 1 is 0.240 bits per heavy atom. The van der Waals surface area contributed by atoms with Crippen LogP contribution in [0.15, 0.2) is 188 Å². The van der Waals surface area contributed by atoms with Crippen molar-refractivity contribution in [1.82, 2.24) is 15.0 Å². The van der Waals surface area contributed by atoms with Gasteiger partial charge in [0.2, 0.25) is 0 Å². The molecule has 0 aliphatic rings. The van der Waals surface area contributed by atoms with E-state index in [2.05, 4.69) is 121 Å². The molecule has 1 heterocycles. The fraction of sp³-hybridized carbons (Fsp3) is 0. The SMILES string of the molecule is c1ccc(-c2nc(-c3ccccc3)nc(-c3ccccc3-c3ccc4cc(-c5ccccc5-c5cccc6ccccc56)ccc4c3)n2)cc1. The number of aromatic nitrogens is 3. The van der Waals surface area contributed by atoms with Crippen molar-refractivity contribution >= 4 is 21.5 Å². The summed E-state index contributed by atoms with van der Waals surface area (Å²) in [5.74, 6) is 1.95. The van der Waals surface area contributed by atoms with E-state index in [1.807, 2.05) is 66.7 Å². The van der Waals surface area contributed by atoms with Crippen molar-refractivity contribution in [2.24, 2.45) is 0 Å². The van der Waals surface area contributed by atoms with Crippen molar-refractivity contribution < 1.29 is 0 Å². The molecule has 8 aromatic carbocycles. The molecule has 0 bridgehead atoms. The van der Waals surface area contributed by atoms with E-state index in [9.17, 15) is 0 Å². The van der Waals surface area contributed by atoms with Gasteiger partial charge in [-0.15, -0.1) is 0 Å². The third-order valence-electron chi connectivity index (χ3n) is 9.34. The van der Waals surface area contributed by atoms with Crippen molar-refractivity contribution in [3.8, 4) is 67.5 Å². The maximum absolute atomic E-state index is 5.02. The molecule has 0 amide bonds. The molecule has 3 heteroatoms. The molecule has 1 aromatic heterocycles. The minimum Gasteiger partial charge on any atom is -0.208 e. The van der Waals surface area contributed by atoms with Crippen LogP contribution in [-0.2, 0) is 0 Å². The highest BCUT2D eigenvalue weighted by atomic mass is 15.0. The second-order valence-electron chi connectivity index (χ2n) is 12.4. The van der Waals surface area contributed by atoms with Crippen LogP contribution in [-0.4, -0.2) is 15.0 Å². The number of hydrogen-bond acceptors (Lipinski definition) is 3. The summed E-state index contributed by atoms with van der Waals surface area (Å²) in [5, 5.41) is 4.87. The second kappa shape index (κ2) is 12.7. The van der Waals surface area contributed by atoms with Crippen LogP contribution in [0.25, 0.3) is 89.1 Å². The lowest BCUT2D eigenvalue weighted by Crippen LogP contribution is -2.01. The average Bonchev–Trinajstić information content (AvgIpc) is 3.21. The van der Waals surface area contributed by atoms with Gasteiger partial charge < -0.3 is 0 Å². The van der Waals surface area contributed by atoms with E-state index in [-0.39, 0.29) is 0 Å². The largest absolute Gasteiger partial charge is 0.208 e. The number of nitrogens with zero attached hydrogens (tertiary/aromatic N) is 3. The first-order valence-corrected chi connectivity index (χ1v) is 16.9. The third-order valence-corrected chi connectivity index (χ3v) is 9.34. The van der Waals surface area contributed by atoms with Gasteiger partial charge in [-0.3, -0.25) is 0 Å². The molecule has 0 saturated carbocycles. The predicted octanol–water partition coefficient (Wildman–Crippen LogP) is 12.2. The molecule has 9 rings (SSSR count). The first-order chi connectivity index (χ1) is 24.8. The standard InChI is InChI=1S/C47H31N3/c1-3-15-33(16-4-1)45-48-46(34-17-5-2-6-18-34)50-47(49-45)44-24-12-10-22-41(44)38-29-27-35-30-37(28-26-36(35)31-38)40-21-9-11-23-42(40)43-25-13-19-32-14-7-8-20-39(32)43/h1-31H. The van der Waals surface area contributed by atoms with Gasteiger partial charge in [0.25, 0.3) is 0 Å². The lowest BCUT2D eigenvalue weighted by molar-refractivity contribution is 1.07. The highest BCUT2D eigenvalue weighted by Crippen LogP contribution is 2.38. The van der Waals surface area contributed by atoms with Crippen LogP contribution in [0.2, 0.25) is 0 Å². The van der Waals surface area contributed by atoms with Crippen LogP contribution in [0.3, 0.4) is 0 Å². The Morgan fingerprint density at radius 3 is 1.30 bits per heavy atom. The van der Waals surface area contributed by atoms with E-state index in [4.69, 9.17) is 15.0 Å². The fourth-order valence-corrected chi connectivity index (χ4v) is 6.87. The maximum Gasteiger partial charge on any atom is 0.164 e. The normalized spacial score (nSPS) is 11.2. The Labute approximate surface area is 291 Å². The molecule has 0 N–H and O–H groups in total. The van der Waals surface area contributed by atoms with E-state index in [1.54, 1.807) is 0 Å². The molecule has 234 valence electrons. The molecule has 0 radical (unpaired) electrons. The number of hydrogen-bond donors (Lipinski definition) is 0. The minimum absolute atomic E-state index is 0.647. The van der Waals surface area contributed by atoms with Gasteiger partial charge in [-0.1, -0.05) is 176 Å². The highest BCUT2D eigenvalue weighted by molar-refractivity contribution is 6.01. The van der Waals surface area contributed by atoms with Crippen LogP contribution in [0.5, 0.6) is 0 Å². The Morgan fingerprint density at radius 2 is 0.680 bits per heavy atom. The van der Waals surface area contributed by atoms with Gasteiger partial charge in [-0.25, -0.2) is 15.0 Å². The van der Waals surface area contributed by atoms with Gasteiger partial charge in [-0.2, -0.15) is 0 Å². The van der Waals surface area contributed by atoms with Crippen LogP contribution in [0.4, 0.5) is 0 Å². The first-order valence-electron chi connectivity index (χ1n) is 16.9. The summed E-state index contributed by atoms with van der Waals surface area (Å²) in [5.41, 5.74) is 9.95. The van der Waals surface area contributed by atoms with Crippen LogP contribution in [0, 0.1) is 0 Å². The Hall–Kier alpha value is -6.71. The Bertz CT molecular complexity index is 2580. The lowest BCUT2D eigenvalue weighted by Gasteiger charge is -2.14. The van der Waals surface area contributed by atoms with Gasteiger partial charge in [0.1, 0.15) is 0 Å². The molecular formula is C47H31N3. The van der Waals surface area contributed by atoms with E-state index < -0.39 is 0 Å². The molecule has 50 heavy (non-hydrogen) atoms. The second-order valence-corrected chi connectivity index (χ2v) is 12.4. The van der Waals surface area contributed by atoms with Crippen molar-refractivity contribution in [2.45, 2.75) is 0 Å². The number of benzene rings is 8. The summed E-state index contributed by atoms with van der Waals surface area (Å²) in [6, 6.07) is 66.0. The summed E-state index contributed by atoms with van der Waals surface area (Å²) < 4.78 is 0. The van der Waals surface area contributed by atoms with E-state index in [1.165, 1.54) is 43.8 Å². The van der Waals surface area contributed by atoms with Gasteiger partial charge in [0.15, 0.2) is 17.5 Å². The zero-order valence-electron chi connectivity index (χ0n) is 27.2. The monoisotopic (exact) mass is 637 g/mol. The maximum atomic E-state index is 5.02. The van der Waals surface area contributed by atoms with Crippen molar-refractivity contribution in [2.75, 3.05) is 0 Å². The Kier molecular flexibility index (Phi) is 7.49. The van der Waals surface area contributed by atoms with E-state index in [0.717, 1.165) is 27.8 Å². The number of rotatable bonds is 6.